The molecule has 72 valence electrons. The number of para-hydroxylation sites is 1. The third kappa shape index (κ3) is 1.60. The van der Waals surface area contributed by atoms with Crippen LogP contribution in [0, 0.1) is 0 Å². The highest BCUT2D eigenvalue weighted by Crippen LogP contribution is 2.15. The zero-order valence-electron chi connectivity index (χ0n) is 7.85. The number of benzene rings is 1. The largest absolute Gasteiger partial charge is 0.329 e. The van der Waals surface area contributed by atoms with E-state index >= 15 is 0 Å². The van der Waals surface area contributed by atoms with E-state index < -0.39 is 0 Å². The van der Waals surface area contributed by atoms with Crippen molar-refractivity contribution < 1.29 is 0 Å². The molecule has 0 fully saturated rings. The van der Waals surface area contributed by atoms with Gasteiger partial charge in [0.05, 0.1) is 5.52 Å². The Morgan fingerprint density at radius 2 is 2.07 bits per heavy atom. The van der Waals surface area contributed by atoms with Crippen molar-refractivity contribution in [3.8, 4) is 0 Å². The highest BCUT2D eigenvalue weighted by Gasteiger charge is 2.04. The van der Waals surface area contributed by atoms with Gasteiger partial charge in [-0.25, -0.2) is 0 Å². The Bertz CT molecular complexity index is 439. The number of hydrogen-bond donors (Lipinski definition) is 2. The van der Waals surface area contributed by atoms with E-state index in [0.29, 0.717) is 6.54 Å². The van der Waals surface area contributed by atoms with E-state index in [1.807, 2.05) is 30.3 Å². The van der Waals surface area contributed by atoms with Crippen LogP contribution in [0.15, 0.2) is 36.5 Å². The summed E-state index contributed by atoms with van der Waals surface area (Å²) < 4.78 is 0. The zero-order valence-corrected chi connectivity index (χ0v) is 7.85. The second-order valence-corrected chi connectivity index (χ2v) is 3.30. The first-order valence-corrected chi connectivity index (χ1v) is 4.61. The number of nitrogens with two attached hydrogens (primary N) is 2. The number of fused-ring (bicyclic) bond motifs is 1. The minimum atomic E-state index is -0.118. The second kappa shape index (κ2) is 3.74. The lowest BCUT2D eigenvalue weighted by Gasteiger charge is -2.08. The molecule has 0 spiro atoms. The Morgan fingerprint density at radius 1 is 1.29 bits per heavy atom. The molecule has 1 aromatic carbocycles. The summed E-state index contributed by atoms with van der Waals surface area (Å²) in [6.45, 7) is 0.444. The molecule has 4 N–H and O–H groups in total. The van der Waals surface area contributed by atoms with Crippen LogP contribution in [0.1, 0.15) is 11.6 Å². The Kier molecular flexibility index (Phi) is 2.43. The van der Waals surface area contributed by atoms with Crippen LogP contribution in [0.25, 0.3) is 10.9 Å². The zero-order chi connectivity index (χ0) is 9.97. The SMILES string of the molecule is NC[C@@H](N)c1cnc2ccccc2c1. The van der Waals surface area contributed by atoms with E-state index in [4.69, 9.17) is 11.5 Å². The smallest absolute Gasteiger partial charge is 0.0702 e. The lowest BCUT2D eigenvalue weighted by molar-refractivity contribution is 0.735. The second-order valence-electron chi connectivity index (χ2n) is 3.30. The summed E-state index contributed by atoms with van der Waals surface area (Å²) >= 11 is 0. The minimum absolute atomic E-state index is 0.118. The fourth-order valence-corrected chi connectivity index (χ4v) is 1.43. The van der Waals surface area contributed by atoms with Gasteiger partial charge in [-0.2, -0.15) is 0 Å². The first-order chi connectivity index (χ1) is 6.81. The average Bonchev–Trinajstić information content (AvgIpc) is 2.27. The standard InChI is InChI=1S/C11H13N3/c12-6-10(13)9-5-8-3-1-2-4-11(8)14-7-9/h1-5,7,10H,6,12-13H2/t10-/m1/s1. The van der Waals surface area contributed by atoms with Gasteiger partial charge < -0.3 is 11.5 Å². The number of rotatable bonds is 2. The summed E-state index contributed by atoms with van der Waals surface area (Å²) in [5.74, 6) is 0. The summed E-state index contributed by atoms with van der Waals surface area (Å²) in [4.78, 5) is 4.31. The molecule has 0 radical (unpaired) electrons. The summed E-state index contributed by atoms with van der Waals surface area (Å²) in [7, 11) is 0. The molecule has 0 aliphatic rings. The van der Waals surface area contributed by atoms with Gasteiger partial charge in [0.25, 0.3) is 0 Å². The maximum Gasteiger partial charge on any atom is 0.0702 e. The number of nitrogens with zero attached hydrogens (tertiary/aromatic N) is 1. The molecule has 3 nitrogen and oxygen atoms in total. The molecule has 2 rings (SSSR count). The normalized spacial score (nSPS) is 13.0. The van der Waals surface area contributed by atoms with Gasteiger partial charge in [0.1, 0.15) is 0 Å². The topological polar surface area (TPSA) is 64.9 Å². The van der Waals surface area contributed by atoms with E-state index in [-0.39, 0.29) is 6.04 Å². The monoisotopic (exact) mass is 187 g/mol. The predicted molar refractivity (Wildman–Crippen MR) is 57.7 cm³/mol. The maximum atomic E-state index is 5.82. The molecule has 1 atom stereocenters. The lowest BCUT2D eigenvalue weighted by Crippen LogP contribution is -2.20. The molecule has 0 aliphatic heterocycles. The summed E-state index contributed by atoms with van der Waals surface area (Å²) in [5.41, 5.74) is 13.3. The van der Waals surface area contributed by atoms with E-state index in [1.54, 1.807) is 6.20 Å². The van der Waals surface area contributed by atoms with E-state index in [0.717, 1.165) is 16.5 Å². The first-order valence-electron chi connectivity index (χ1n) is 4.61. The molecule has 14 heavy (non-hydrogen) atoms. The minimum Gasteiger partial charge on any atom is -0.329 e. The average molecular weight is 187 g/mol. The Morgan fingerprint density at radius 3 is 2.86 bits per heavy atom. The van der Waals surface area contributed by atoms with Gasteiger partial charge in [0.2, 0.25) is 0 Å². The molecule has 0 bridgehead atoms. The van der Waals surface area contributed by atoms with Crippen LogP contribution in [-0.2, 0) is 0 Å². The van der Waals surface area contributed by atoms with E-state index in [1.165, 1.54) is 0 Å². The number of pyridine rings is 1. The summed E-state index contributed by atoms with van der Waals surface area (Å²) in [6.07, 6.45) is 1.79. The summed E-state index contributed by atoms with van der Waals surface area (Å²) in [5, 5.41) is 1.11. The Balaban J connectivity index is 2.51. The van der Waals surface area contributed by atoms with Gasteiger partial charge in [-0.15, -0.1) is 0 Å². The van der Waals surface area contributed by atoms with Crippen molar-refractivity contribution in [1.82, 2.24) is 4.98 Å². The van der Waals surface area contributed by atoms with Gasteiger partial charge in [-0.3, -0.25) is 4.98 Å². The molecule has 1 aromatic heterocycles. The van der Waals surface area contributed by atoms with Crippen LogP contribution < -0.4 is 11.5 Å². The fraction of sp³-hybridized carbons (Fsp3) is 0.182. The van der Waals surface area contributed by atoms with Crippen LogP contribution in [-0.4, -0.2) is 11.5 Å². The molecule has 0 unspecified atom stereocenters. The quantitative estimate of drug-likeness (QED) is 0.742. The molecular formula is C11H13N3. The molecule has 0 aliphatic carbocycles. The van der Waals surface area contributed by atoms with Crippen molar-refractivity contribution >= 4 is 10.9 Å². The molecular weight excluding hydrogens is 174 g/mol. The van der Waals surface area contributed by atoms with Crippen LogP contribution in [0.5, 0.6) is 0 Å². The van der Waals surface area contributed by atoms with Crippen molar-refractivity contribution in [3.05, 3.63) is 42.1 Å². The van der Waals surface area contributed by atoms with Crippen LogP contribution in [0.3, 0.4) is 0 Å². The van der Waals surface area contributed by atoms with Crippen LogP contribution >= 0.6 is 0 Å². The predicted octanol–water partition coefficient (Wildman–Crippen LogP) is 1.19. The molecule has 0 amide bonds. The van der Waals surface area contributed by atoms with E-state index in [2.05, 4.69) is 4.98 Å². The molecule has 2 aromatic rings. The number of hydrogen-bond acceptors (Lipinski definition) is 3. The van der Waals surface area contributed by atoms with Crippen molar-refractivity contribution in [2.45, 2.75) is 6.04 Å². The third-order valence-corrected chi connectivity index (χ3v) is 2.29. The number of aromatic nitrogens is 1. The molecule has 1 heterocycles. The van der Waals surface area contributed by atoms with E-state index in [9.17, 15) is 0 Å². The van der Waals surface area contributed by atoms with Gasteiger partial charge in [-0.05, 0) is 17.7 Å². The maximum absolute atomic E-state index is 5.82. The van der Waals surface area contributed by atoms with Crippen molar-refractivity contribution in [2.24, 2.45) is 11.5 Å². The van der Waals surface area contributed by atoms with Gasteiger partial charge in [-0.1, -0.05) is 18.2 Å². The van der Waals surface area contributed by atoms with Gasteiger partial charge in [0, 0.05) is 24.2 Å². The fourth-order valence-electron chi connectivity index (χ4n) is 1.43. The van der Waals surface area contributed by atoms with Crippen molar-refractivity contribution in [2.75, 3.05) is 6.54 Å². The Labute approximate surface area is 82.7 Å². The molecule has 0 saturated carbocycles. The van der Waals surface area contributed by atoms with Crippen molar-refractivity contribution in [3.63, 3.8) is 0 Å². The summed E-state index contributed by atoms with van der Waals surface area (Å²) in [6, 6.07) is 9.88. The molecule has 3 heteroatoms. The lowest BCUT2D eigenvalue weighted by atomic mass is 10.1. The third-order valence-electron chi connectivity index (χ3n) is 2.29. The van der Waals surface area contributed by atoms with Gasteiger partial charge >= 0.3 is 0 Å². The highest BCUT2D eigenvalue weighted by molar-refractivity contribution is 5.78. The highest BCUT2D eigenvalue weighted by atomic mass is 14.7. The van der Waals surface area contributed by atoms with Crippen LogP contribution in [0.4, 0.5) is 0 Å². The Hall–Kier alpha value is -1.45. The van der Waals surface area contributed by atoms with Crippen molar-refractivity contribution in [1.29, 1.82) is 0 Å². The van der Waals surface area contributed by atoms with Gasteiger partial charge in [0.15, 0.2) is 0 Å². The first kappa shape index (κ1) is 9.12. The van der Waals surface area contributed by atoms with Crippen LogP contribution in [0.2, 0.25) is 0 Å². The molecule has 0 saturated heterocycles.